The third kappa shape index (κ3) is 3.26. The number of hydrogen-bond acceptors (Lipinski definition) is 4. The third-order valence-corrected chi connectivity index (χ3v) is 5.40. The van der Waals surface area contributed by atoms with Crippen molar-refractivity contribution in [1.29, 1.82) is 0 Å². The highest BCUT2D eigenvalue weighted by Gasteiger charge is 2.29. The molecule has 3 aromatic heterocycles. The number of nitrogens with one attached hydrogen (secondary N) is 1. The molecule has 8 heteroatoms. The molecule has 1 fully saturated rings. The van der Waals surface area contributed by atoms with Crippen LogP contribution in [0, 0.1) is 5.82 Å². The average molecular weight is 390 g/mol. The largest absolute Gasteiger partial charge is 0.337 e. The number of piperidine rings is 1. The SMILES string of the molecule is O=C(c1cn2cccnc2n1)N1CCC[C@H](c2[nH]ncc2-c2ccc(F)cc2)C1. The Morgan fingerprint density at radius 2 is 2.10 bits per heavy atom. The van der Waals surface area contributed by atoms with Crippen molar-refractivity contribution in [3.8, 4) is 11.1 Å². The zero-order valence-electron chi connectivity index (χ0n) is 15.6. The van der Waals surface area contributed by atoms with Gasteiger partial charge in [0, 0.05) is 48.9 Å². The second-order valence-corrected chi connectivity index (χ2v) is 7.25. The van der Waals surface area contributed by atoms with Crippen molar-refractivity contribution >= 4 is 11.7 Å². The van der Waals surface area contributed by atoms with E-state index in [1.165, 1.54) is 12.1 Å². The van der Waals surface area contributed by atoms with Crippen LogP contribution >= 0.6 is 0 Å². The number of likely N-dealkylation sites (tertiary alicyclic amines) is 1. The van der Waals surface area contributed by atoms with Crippen LogP contribution in [0.4, 0.5) is 4.39 Å². The molecule has 0 saturated carbocycles. The van der Waals surface area contributed by atoms with E-state index in [1.54, 1.807) is 41.2 Å². The van der Waals surface area contributed by atoms with Gasteiger partial charge in [-0.1, -0.05) is 12.1 Å². The van der Waals surface area contributed by atoms with Gasteiger partial charge in [0.2, 0.25) is 5.78 Å². The van der Waals surface area contributed by atoms with E-state index in [2.05, 4.69) is 20.2 Å². The summed E-state index contributed by atoms with van der Waals surface area (Å²) in [4.78, 5) is 23.4. The minimum absolute atomic E-state index is 0.0944. The molecular formula is C21H19FN6O. The van der Waals surface area contributed by atoms with Gasteiger partial charge in [-0.25, -0.2) is 14.4 Å². The summed E-state index contributed by atoms with van der Waals surface area (Å²) in [6.07, 6.45) is 8.80. The number of rotatable bonds is 3. The van der Waals surface area contributed by atoms with Gasteiger partial charge in [0.1, 0.15) is 11.5 Å². The normalized spacial score (nSPS) is 17.0. The van der Waals surface area contributed by atoms with E-state index in [4.69, 9.17) is 0 Å². The van der Waals surface area contributed by atoms with Crippen LogP contribution in [0.15, 0.2) is 55.1 Å². The first-order valence-electron chi connectivity index (χ1n) is 9.57. The number of fused-ring (bicyclic) bond motifs is 1. The number of carbonyl (C=O) groups excluding carboxylic acids is 1. The van der Waals surface area contributed by atoms with E-state index in [0.29, 0.717) is 24.6 Å². The van der Waals surface area contributed by atoms with E-state index in [0.717, 1.165) is 29.7 Å². The number of nitrogens with zero attached hydrogens (tertiary/aromatic N) is 5. The predicted octanol–water partition coefficient (Wildman–Crippen LogP) is 3.28. The smallest absolute Gasteiger partial charge is 0.274 e. The Kier molecular flexibility index (Phi) is 4.31. The molecule has 7 nitrogen and oxygen atoms in total. The minimum Gasteiger partial charge on any atom is -0.337 e. The molecule has 1 amide bonds. The highest BCUT2D eigenvalue weighted by molar-refractivity contribution is 5.93. The number of imidazole rings is 1. The summed E-state index contributed by atoms with van der Waals surface area (Å²) < 4.78 is 15.0. The van der Waals surface area contributed by atoms with Gasteiger partial charge in [-0.2, -0.15) is 5.10 Å². The lowest BCUT2D eigenvalue weighted by Crippen LogP contribution is -2.39. The van der Waals surface area contributed by atoms with Crippen LogP contribution < -0.4 is 0 Å². The second kappa shape index (κ2) is 7.12. The molecular weight excluding hydrogens is 371 g/mol. The van der Waals surface area contributed by atoms with Crippen molar-refractivity contribution in [2.45, 2.75) is 18.8 Å². The average Bonchev–Trinajstić information content (AvgIpc) is 3.41. The molecule has 1 atom stereocenters. The fraction of sp³-hybridized carbons (Fsp3) is 0.238. The summed E-state index contributed by atoms with van der Waals surface area (Å²) in [7, 11) is 0. The molecule has 0 aliphatic carbocycles. The molecule has 4 aromatic rings. The van der Waals surface area contributed by atoms with Gasteiger partial charge in [-0.05, 0) is 36.6 Å². The molecule has 1 saturated heterocycles. The van der Waals surface area contributed by atoms with Gasteiger partial charge >= 0.3 is 0 Å². The van der Waals surface area contributed by atoms with Crippen molar-refractivity contribution < 1.29 is 9.18 Å². The van der Waals surface area contributed by atoms with Crippen LogP contribution in [0.3, 0.4) is 0 Å². The Balaban J connectivity index is 1.39. The molecule has 1 aromatic carbocycles. The van der Waals surface area contributed by atoms with E-state index in [-0.39, 0.29) is 17.6 Å². The van der Waals surface area contributed by atoms with Crippen molar-refractivity contribution in [1.82, 2.24) is 29.5 Å². The first-order valence-corrected chi connectivity index (χ1v) is 9.57. The van der Waals surface area contributed by atoms with Crippen molar-refractivity contribution in [3.05, 3.63) is 72.3 Å². The zero-order valence-corrected chi connectivity index (χ0v) is 15.6. The molecule has 29 heavy (non-hydrogen) atoms. The number of hydrogen-bond donors (Lipinski definition) is 1. The number of amides is 1. The summed E-state index contributed by atoms with van der Waals surface area (Å²) in [5.41, 5.74) is 3.23. The maximum Gasteiger partial charge on any atom is 0.274 e. The number of aromatic nitrogens is 5. The molecule has 0 spiro atoms. The van der Waals surface area contributed by atoms with Crippen molar-refractivity contribution in [3.63, 3.8) is 0 Å². The quantitative estimate of drug-likeness (QED) is 0.582. The van der Waals surface area contributed by atoms with Gasteiger partial charge in [0.05, 0.1) is 6.20 Å². The van der Waals surface area contributed by atoms with Gasteiger partial charge in [-0.3, -0.25) is 14.3 Å². The molecule has 146 valence electrons. The molecule has 0 radical (unpaired) electrons. The molecule has 1 aliphatic heterocycles. The summed E-state index contributed by atoms with van der Waals surface area (Å²) in [6.45, 7) is 1.27. The van der Waals surface area contributed by atoms with Crippen LogP contribution in [0.5, 0.6) is 0 Å². The zero-order chi connectivity index (χ0) is 19.8. The lowest BCUT2D eigenvalue weighted by atomic mass is 9.90. The topological polar surface area (TPSA) is 79.2 Å². The maximum absolute atomic E-state index is 13.3. The van der Waals surface area contributed by atoms with E-state index >= 15 is 0 Å². The Morgan fingerprint density at radius 3 is 2.93 bits per heavy atom. The summed E-state index contributed by atoms with van der Waals surface area (Å²) in [6, 6.07) is 8.19. The summed E-state index contributed by atoms with van der Waals surface area (Å²) in [5, 5.41) is 7.30. The Morgan fingerprint density at radius 1 is 1.24 bits per heavy atom. The summed E-state index contributed by atoms with van der Waals surface area (Å²) in [5.74, 6) is 0.278. The number of aromatic amines is 1. The van der Waals surface area contributed by atoms with Crippen LogP contribution in [0.2, 0.25) is 0 Å². The monoisotopic (exact) mass is 390 g/mol. The van der Waals surface area contributed by atoms with Gasteiger partial charge in [0.25, 0.3) is 5.91 Å². The first-order chi connectivity index (χ1) is 14.2. The fourth-order valence-corrected chi connectivity index (χ4v) is 3.96. The highest BCUT2D eigenvalue weighted by Crippen LogP contribution is 2.33. The molecule has 1 aliphatic rings. The van der Waals surface area contributed by atoms with Crippen molar-refractivity contribution in [2.75, 3.05) is 13.1 Å². The van der Waals surface area contributed by atoms with Crippen LogP contribution in [-0.4, -0.2) is 48.5 Å². The first kappa shape index (κ1) is 17.5. The number of benzene rings is 1. The standard InChI is InChI=1S/C21H19FN6O/c22-16-6-4-14(5-7-16)17-11-24-26-19(17)15-3-1-9-27(12-15)20(29)18-13-28-10-2-8-23-21(28)25-18/h2,4-8,10-11,13,15H,1,3,9,12H2,(H,24,26)/t15-/m0/s1. The maximum atomic E-state index is 13.3. The van der Waals surface area contributed by atoms with Crippen molar-refractivity contribution in [2.24, 2.45) is 0 Å². The minimum atomic E-state index is -0.268. The number of halogens is 1. The van der Waals surface area contributed by atoms with Crippen LogP contribution in [0.1, 0.15) is 34.9 Å². The molecule has 5 rings (SSSR count). The second-order valence-electron chi connectivity index (χ2n) is 7.25. The Labute approximate surface area is 166 Å². The predicted molar refractivity (Wildman–Crippen MR) is 105 cm³/mol. The van der Waals surface area contributed by atoms with Gasteiger partial charge < -0.3 is 4.90 Å². The number of H-pyrrole nitrogens is 1. The molecule has 1 N–H and O–H groups in total. The third-order valence-electron chi connectivity index (χ3n) is 5.40. The van der Waals surface area contributed by atoms with E-state index < -0.39 is 0 Å². The van der Waals surface area contributed by atoms with Crippen LogP contribution in [0.25, 0.3) is 16.9 Å². The molecule has 0 unspecified atom stereocenters. The van der Waals surface area contributed by atoms with E-state index in [9.17, 15) is 9.18 Å². The summed E-state index contributed by atoms with van der Waals surface area (Å²) >= 11 is 0. The van der Waals surface area contributed by atoms with E-state index in [1.807, 2.05) is 11.1 Å². The Hall–Kier alpha value is -3.55. The van der Waals surface area contributed by atoms with Crippen LogP contribution in [-0.2, 0) is 0 Å². The molecule has 4 heterocycles. The molecule has 0 bridgehead atoms. The lowest BCUT2D eigenvalue weighted by molar-refractivity contribution is 0.0700. The lowest BCUT2D eigenvalue weighted by Gasteiger charge is -2.32. The highest BCUT2D eigenvalue weighted by atomic mass is 19.1. The number of carbonyl (C=O) groups is 1. The van der Waals surface area contributed by atoms with Gasteiger partial charge in [0.15, 0.2) is 0 Å². The van der Waals surface area contributed by atoms with Gasteiger partial charge in [-0.15, -0.1) is 0 Å². The fourth-order valence-electron chi connectivity index (χ4n) is 3.96. The Bertz CT molecular complexity index is 1130.